The van der Waals surface area contributed by atoms with Gasteiger partial charge in [0.25, 0.3) is 23.6 Å². The van der Waals surface area contributed by atoms with E-state index in [1.54, 1.807) is 92.0 Å². The van der Waals surface area contributed by atoms with Crippen molar-refractivity contribution in [2.24, 2.45) is 0 Å². The van der Waals surface area contributed by atoms with Gasteiger partial charge in [-0.2, -0.15) is 0 Å². The van der Waals surface area contributed by atoms with Crippen molar-refractivity contribution in [3.05, 3.63) is 120 Å². The molecule has 16 bridgehead atoms. The molecule has 0 fully saturated rings. The lowest BCUT2D eigenvalue weighted by atomic mass is 10.0. The lowest BCUT2D eigenvalue weighted by Crippen LogP contribution is -2.42. The fraction of sp³-hybridized carbons (Fsp3) is 0.400. The number of nitrogens with zero attached hydrogens (tertiary/aromatic N) is 16. The van der Waals surface area contributed by atoms with Crippen LogP contribution in [0.15, 0.2) is 97.6 Å². The van der Waals surface area contributed by atoms with Crippen molar-refractivity contribution in [2.75, 3.05) is 0 Å². The van der Waals surface area contributed by atoms with Crippen LogP contribution in [0.5, 0.6) is 0 Å². The molecule has 1 aliphatic rings. The molecule has 5 heterocycles. The zero-order valence-corrected chi connectivity index (χ0v) is 48.6. The molecule has 416 valence electrons. The van der Waals surface area contributed by atoms with Gasteiger partial charge in [-0.05, 0) is 184 Å². The van der Waals surface area contributed by atoms with E-state index in [2.05, 4.69) is 41.2 Å². The quantitative estimate of drug-likeness (QED) is 0.112. The predicted octanol–water partition coefficient (Wildman–Crippen LogP) is 10.0. The summed E-state index contributed by atoms with van der Waals surface area (Å²) < 4.78 is 6.39. The lowest BCUT2D eigenvalue weighted by Gasteiger charge is -2.31. The van der Waals surface area contributed by atoms with Crippen LogP contribution in [0.4, 0.5) is 0 Å². The maximum atomic E-state index is 14.6. The SMILES string of the molecule is CC(C)N(C(=O)c1cc2cc(c1)-n1cc(nn1)-c1cc(C(=O)N(C(C)C)C(C)C)cc(c1)-n1cc(nn1)-c1cc(C(=O)N(C(C)C)C(C)C)cc(c1)-n1cc(nn1)-c1cc(C(=O)N(C(C)C)C(C)C)cc(c1)-n1cc-2nn1)C(C)C. The molecule has 4 aromatic heterocycles. The highest BCUT2D eigenvalue weighted by Gasteiger charge is 2.29. The van der Waals surface area contributed by atoms with Gasteiger partial charge >= 0.3 is 0 Å². The van der Waals surface area contributed by atoms with Crippen molar-refractivity contribution in [1.82, 2.24) is 79.6 Å². The van der Waals surface area contributed by atoms with Gasteiger partial charge in [-0.1, -0.05) is 20.9 Å². The molecule has 20 heteroatoms. The maximum Gasteiger partial charge on any atom is 0.254 e. The zero-order valence-electron chi connectivity index (χ0n) is 48.6. The summed E-state index contributed by atoms with van der Waals surface area (Å²) in [5, 5.41) is 37.2. The highest BCUT2D eigenvalue weighted by atomic mass is 16.2. The highest BCUT2D eigenvalue weighted by Crippen LogP contribution is 2.33. The number of fused-ring (bicyclic) bond motifs is 24. The zero-order chi connectivity index (χ0) is 57.8. The third kappa shape index (κ3) is 11.0. The van der Waals surface area contributed by atoms with E-state index in [1.807, 2.05) is 155 Å². The molecule has 0 saturated carbocycles. The van der Waals surface area contributed by atoms with Crippen molar-refractivity contribution in [2.45, 2.75) is 159 Å². The molecule has 4 amide bonds. The molecule has 0 spiro atoms. The first-order valence-corrected chi connectivity index (χ1v) is 27.5. The average molecular weight is 1080 g/mol. The van der Waals surface area contributed by atoms with Gasteiger partial charge in [0, 0.05) is 92.8 Å². The maximum absolute atomic E-state index is 14.6. The Morgan fingerprint density at radius 2 is 0.463 bits per heavy atom. The largest absolute Gasteiger partial charge is 0.334 e. The van der Waals surface area contributed by atoms with E-state index < -0.39 is 0 Å². The minimum atomic E-state index is -0.187. The predicted molar refractivity (Wildman–Crippen MR) is 307 cm³/mol. The van der Waals surface area contributed by atoms with E-state index in [1.165, 1.54) is 0 Å². The van der Waals surface area contributed by atoms with E-state index in [0.29, 0.717) is 90.0 Å². The first-order valence-electron chi connectivity index (χ1n) is 27.5. The second-order valence-electron chi connectivity index (χ2n) is 22.9. The average Bonchev–Trinajstić information content (AvgIpc) is 4.35. The van der Waals surface area contributed by atoms with Gasteiger partial charge in [-0.15, -0.1) is 20.4 Å². The Hall–Kier alpha value is -8.68. The second kappa shape index (κ2) is 22.2. The number of carbonyl (C=O) groups excluding carboxylic acids is 4. The first-order chi connectivity index (χ1) is 37.9. The number of aromatic nitrogens is 12. The monoisotopic (exact) mass is 1080 g/mol. The molecule has 0 radical (unpaired) electrons. The Morgan fingerprint density at radius 1 is 0.287 bits per heavy atom. The Labute approximate surface area is 467 Å². The third-order valence-corrected chi connectivity index (χ3v) is 14.3. The molecule has 0 saturated heterocycles. The standard InChI is InChI=1S/C60H72N16O4/c1-33(2)73(34(3)4)57(77)45-17-41-21-49(25-45)69-30-54(62-65-69)42-18-46(58(78)74(35(5)6)36(7)8)27-51(22-42)71-32-56(64-67-71)44-20-48(60(80)76(39(13)14)40(15)16)28-52(24-44)72-31-55(63-68-72)43-19-47(59(79)75(37(9)10)38(11)12)26-50(23-43)70-29-53(41)61-66-70/h17-40H,1-16H3. The Balaban J connectivity index is 1.31. The molecular weight excluding hydrogens is 1010 g/mol. The van der Waals surface area contributed by atoms with Crippen LogP contribution in [0, 0.1) is 0 Å². The number of hydrogen-bond donors (Lipinski definition) is 0. The van der Waals surface area contributed by atoms with Gasteiger partial charge in [0.2, 0.25) is 0 Å². The van der Waals surface area contributed by atoms with Crippen LogP contribution >= 0.6 is 0 Å². The van der Waals surface area contributed by atoms with E-state index in [-0.39, 0.29) is 72.0 Å². The van der Waals surface area contributed by atoms with Crippen LogP contribution in [0.3, 0.4) is 0 Å². The summed E-state index contributed by atoms with van der Waals surface area (Å²) >= 11 is 0. The fourth-order valence-corrected chi connectivity index (χ4v) is 11.0. The Bertz CT molecular complexity index is 2980. The molecule has 20 nitrogen and oxygen atoms in total. The van der Waals surface area contributed by atoms with E-state index in [4.69, 9.17) is 0 Å². The van der Waals surface area contributed by atoms with Gasteiger partial charge in [0.1, 0.15) is 22.8 Å². The van der Waals surface area contributed by atoms with Crippen molar-refractivity contribution in [3.8, 4) is 67.8 Å². The van der Waals surface area contributed by atoms with Crippen LogP contribution < -0.4 is 0 Å². The molecule has 0 aliphatic carbocycles. The van der Waals surface area contributed by atoms with Gasteiger partial charge in [-0.25, -0.2) is 18.7 Å². The molecule has 4 aromatic carbocycles. The molecule has 8 aromatic rings. The Morgan fingerprint density at radius 3 is 0.625 bits per heavy atom. The van der Waals surface area contributed by atoms with Crippen LogP contribution in [-0.2, 0) is 0 Å². The van der Waals surface area contributed by atoms with Crippen molar-refractivity contribution < 1.29 is 19.2 Å². The van der Waals surface area contributed by atoms with Crippen LogP contribution in [0.25, 0.3) is 67.8 Å². The second-order valence-corrected chi connectivity index (χ2v) is 22.9. The number of benzene rings is 4. The smallest absolute Gasteiger partial charge is 0.254 e. The number of rotatable bonds is 12. The normalized spacial score (nSPS) is 12.1. The van der Waals surface area contributed by atoms with E-state index in [0.717, 1.165) is 0 Å². The van der Waals surface area contributed by atoms with Crippen molar-refractivity contribution in [3.63, 3.8) is 0 Å². The molecule has 0 atom stereocenters. The summed E-state index contributed by atoms with van der Waals surface area (Å²) in [6.45, 7) is 31.8. The summed E-state index contributed by atoms with van der Waals surface area (Å²) in [7, 11) is 0. The number of amides is 4. The minimum Gasteiger partial charge on any atom is -0.334 e. The van der Waals surface area contributed by atoms with Gasteiger partial charge in [-0.3, -0.25) is 19.2 Å². The van der Waals surface area contributed by atoms with Crippen molar-refractivity contribution >= 4 is 23.6 Å². The molecule has 1 aliphatic heterocycles. The molecule has 0 N–H and O–H groups in total. The molecular formula is C60H72N16O4. The summed E-state index contributed by atoms with van der Waals surface area (Å²) in [5.41, 5.74) is 7.69. The highest BCUT2D eigenvalue weighted by molar-refractivity contribution is 5.99. The van der Waals surface area contributed by atoms with E-state index in [9.17, 15) is 19.2 Å². The topological polar surface area (TPSA) is 204 Å². The third-order valence-electron chi connectivity index (χ3n) is 14.3. The van der Waals surface area contributed by atoms with Gasteiger partial charge < -0.3 is 19.6 Å². The first kappa shape index (κ1) is 56.1. The van der Waals surface area contributed by atoms with Gasteiger partial charge in [0.15, 0.2) is 0 Å². The van der Waals surface area contributed by atoms with Gasteiger partial charge in [0.05, 0.1) is 47.5 Å². The minimum absolute atomic E-state index is 0.111. The number of carbonyl (C=O) groups is 4. The summed E-state index contributed by atoms with van der Waals surface area (Å²) in [6, 6.07) is 20.9. The summed E-state index contributed by atoms with van der Waals surface area (Å²) in [5.74, 6) is -0.749. The summed E-state index contributed by atoms with van der Waals surface area (Å²) in [6.07, 6.45) is 7.02. The molecule has 80 heavy (non-hydrogen) atoms. The molecule has 9 rings (SSSR count). The van der Waals surface area contributed by atoms with Crippen LogP contribution in [0.1, 0.15) is 152 Å². The lowest BCUT2D eigenvalue weighted by molar-refractivity contribution is 0.0634. The fourth-order valence-electron chi connectivity index (χ4n) is 11.0. The Kier molecular flexibility index (Phi) is 15.6. The summed E-state index contributed by atoms with van der Waals surface area (Å²) in [4.78, 5) is 65.8. The van der Waals surface area contributed by atoms with Crippen LogP contribution in [0.2, 0.25) is 0 Å². The van der Waals surface area contributed by atoms with Crippen LogP contribution in [-0.4, -0.2) is 152 Å². The van der Waals surface area contributed by atoms with Crippen molar-refractivity contribution in [1.29, 1.82) is 0 Å². The molecule has 0 unspecified atom stereocenters. The number of hydrogen-bond acceptors (Lipinski definition) is 12. The van der Waals surface area contributed by atoms with E-state index >= 15 is 0 Å².